The van der Waals surface area contributed by atoms with Crippen molar-refractivity contribution < 1.29 is 0 Å². The first-order valence-electron chi connectivity index (χ1n) is 9.23. The maximum atomic E-state index is 6.34. The van der Waals surface area contributed by atoms with Crippen molar-refractivity contribution in [3.05, 3.63) is 39.5 Å². The molecule has 0 amide bonds. The lowest BCUT2D eigenvalue weighted by Gasteiger charge is -2.30. The molecule has 28 heavy (non-hydrogen) atoms. The van der Waals surface area contributed by atoms with Crippen LogP contribution in [0.4, 0.5) is 17.5 Å². The number of aryl methyl sites for hydroxylation is 1. The average Bonchev–Trinajstić information content (AvgIpc) is 2.61. The van der Waals surface area contributed by atoms with Crippen LogP contribution in [-0.4, -0.2) is 47.1 Å². The van der Waals surface area contributed by atoms with E-state index in [0.29, 0.717) is 33.5 Å². The van der Waals surface area contributed by atoms with Gasteiger partial charge >= 0.3 is 0 Å². The molecule has 0 saturated carbocycles. The molecule has 0 aliphatic carbocycles. The Hall–Kier alpha value is -1.08. The van der Waals surface area contributed by atoms with Crippen LogP contribution >= 0.6 is 39.9 Å². The summed E-state index contributed by atoms with van der Waals surface area (Å²) in [5.41, 5.74) is 2.22. The predicted molar refractivity (Wildman–Crippen MR) is 127 cm³/mol. The predicted octanol–water partition coefficient (Wildman–Crippen LogP) is 5.92. The highest BCUT2D eigenvalue weighted by atomic mass is 79.9. The Morgan fingerprint density at radius 3 is 2.18 bits per heavy atom. The van der Waals surface area contributed by atoms with Crippen LogP contribution in [-0.2, 0) is 0 Å². The Kier molecular flexibility index (Phi) is 9.98. The molecule has 1 aromatic carbocycles. The van der Waals surface area contributed by atoms with Crippen molar-refractivity contribution >= 4 is 57.4 Å². The molecular weight excluding hydrogens is 461 g/mol. The van der Waals surface area contributed by atoms with Crippen molar-refractivity contribution in [2.24, 2.45) is 0 Å². The highest BCUT2D eigenvalue weighted by molar-refractivity contribution is 9.10. The van der Waals surface area contributed by atoms with Gasteiger partial charge in [0, 0.05) is 37.9 Å². The van der Waals surface area contributed by atoms with E-state index in [0.717, 1.165) is 18.8 Å². The van der Waals surface area contributed by atoms with Crippen LogP contribution in [0.5, 0.6) is 0 Å². The highest BCUT2D eigenvalue weighted by Gasteiger charge is 2.16. The molecule has 2 rings (SSSR count). The van der Waals surface area contributed by atoms with E-state index in [1.54, 1.807) is 0 Å². The van der Waals surface area contributed by atoms with Gasteiger partial charge in [0.2, 0.25) is 5.95 Å². The van der Waals surface area contributed by atoms with Crippen LogP contribution in [0.1, 0.15) is 33.3 Å². The first kappa shape index (κ1) is 25.0. The fourth-order valence-corrected chi connectivity index (χ4v) is 3.46. The first-order chi connectivity index (χ1) is 12.7. The summed E-state index contributed by atoms with van der Waals surface area (Å²) in [4.78, 5) is 13.4. The molecule has 1 N–H and O–H groups in total. The maximum Gasteiger partial charge on any atom is 0.233 e. The average molecular weight is 491 g/mol. The topological polar surface area (TPSA) is 44.3 Å². The summed E-state index contributed by atoms with van der Waals surface area (Å²) in [6, 6.07) is 9.21. The zero-order valence-corrected chi connectivity index (χ0v) is 20.5. The normalized spacial score (nSPS) is 11.1. The minimum Gasteiger partial charge on any atom is -0.368 e. The third kappa shape index (κ3) is 6.48. The lowest BCUT2D eigenvalue weighted by Crippen LogP contribution is -2.40. The smallest absolute Gasteiger partial charge is 0.233 e. The Morgan fingerprint density at radius 2 is 1.64 bits per heavy atom. The molecule has 2 aromatic rings. The second-order valence-corrected chi connectivity index (χ2v) is 8.37. The third-order valence-electron chi connectivity index (χ3n) is 4.51. The van der Waals surface area contributed by atoms with Gasteiger partial charge in [0.05, 0.1) is 4.47 Å². The summed E-state index contributed by atoms with van der Waals surface area (Å²) in [6.07, 6.45) is 0. The van der Waals surface area contributed by atoms with Crippen LogP contribution < -0.4 is 10.2 Å². The molecule has 156 valence electrons. The molecular formula is C20H30BrCl2N5. The highest BCUT2D eigenvalue weighted by Crippen LogP contribution is 2.31. The van der Waals surface area contributed by atoms with E-state index >= 15 is 0 Å². The molecule has 5 nitrogen and oxygen atoms in total. The number of hydrogen-bond donors (Lipinski definition) is 1. The van der Waals surface area contributed by atoms with E-state index in [1.807, 2.05) is 24.1 Å². The molecule has 8 heteroatoms. The quantitative estimate of drug-likeness (QED) is 0.465. The molecule has 0 radical (unpaired) electrons. The van der Waals surface area contributed by atoms with Gasteiger partial charge in [-0.1, -0.05) is 29.3 Å². The lowest BCUT2D eigenvalue weighted by atomic mass is 10.2. The van der Waals surface area contributed by atoms with E-state index in [-0.39, 0.29) is 12.4 Å². The van der Waals surface area contributed by atoms with Crippen LogP contribution in [0, 0.1) is 6.92 Å². The SMILES string of the molecule is Cc1ccc(N(C)c2nc(Cl)c(Br)c(NCCN(C(C)C)C(C)C)n2)cc1.Cl. The van der Waals surface area contributed by atoms with Gasteiger partial charge in [-0.15, -0.1) is 12.4 Å². The maximum absolute atomic E-state index is 6.34. The standard InChI is InChI=1S/C20H29BrClN5.ClH/c1-13(2)27(14(3)4)12-11-23-19-17(21)18(22)24-20(25-19)26(6)16-9-7-15(5)8-10-16;/h7-10,13-14H,11-12H2,1-6H3,(H,23,24,25);1H. The van der Waals surface area contributed by atoms with Crippen molar-refractivity contribution in [2.45, 2.75) is 46.7 Å². The third-order valence-corrected chi connectivity index (χ3v) is 5.76. The Morgan fingerprint density at radius 1 is 1.07 bits per heavy atom. The van der Waals surface area contributed by atoms with Gasteiger partial charge in [-0.25, -0.2) is 0 Å². The van der Waals surface area contributed by atoms with E-state index in [1.165, 1.54) is 5.56 Å². The summed E-state index contributed by atoms with van der Waals surface area (Å²) in [5, 5.41) is 3.79. The molecule has 0 unspecified atom stereocenters. The second kappa shape index (κ2) is 11.2. The Labute approximate surface area is 188 Å². The molecule has 0 fully saturated rings. The first-order valence-corrected chi connectivity index (χ1v) is 10.4. The molecule has 0 atom stereocenters. The van der Waals surface area contributed by atoms with Crippen LogP contribution in [0.2, 0.25) is 5.15 Å². The summed E-state index contributed by atoms with van der Waals surface area (Å²) in [5.74, 6) is 1.26. The molecule has 0 bridgehead atoms. The zero-order valence-electron chi connectivity index (χ0n) is 17.3. The van der Waals surface area contributed by atoms with E-state index in [9.17, 15) is 0 Å². The van der Waals surface area contributed by atoms with Crippen molar-refractivity contribution in [1.29, 1.82) is 0 Å². The summed E-state index contributed by atoms with van der Waals surface area (Å²) < 4.78 is 0.686. The number of aromatic nitrogens is 2. The van der Waals surface area contributed by atoms with Crippen molar-refractivity contribution in [1.82, 2.24) is 14.9 Å². The van der Waals surface area contributed by atoms with Gasteiger partial charge < -0.3 is 10.2 Å². The monoisotopic (exact) mass is 489 g/mol. The fourth-order valence-electron chi connectivity index (χ4n) is 2.98. The van der Waals surface area contributed by atoms with Crippen LogP contribution in [0.3, 0.4) is 0 Å². The fraction of sp³-hybridized carbons (Fsp3) is 0.500. The summed E-state index contributed by atoms with van der Waals surface area (Å²) >= 11 is 9.85. The van der Waals surface area contributed by atoms with Crippen molar-refractivity contribution in [3.63, 3.8) is 0 Å². The van der Waals surface area contributed by atoms with Crippen molar-refractivity contribution in [3.8, 4) is 0 Å². The van der Waals surface area contributed by atoms with E-state index in [2.05, 4.69) is 82.9 Å². The molecule has 0 aliphatic rings. The minimum absolute atomic E-state index is 0. The zero-order chi connectivity index (χ0) is 20.1. The molecule has 0 aliphatic heterocycles. The van der Waals surface area contributed by atoms with E-state index in [4.69, 9.17) is 11.6 Å². The summed E-state index contributed by atoms with van der Waals surface area (Å²) in [6.45, 7) is 12.6. The van der Waals surface area contributed by atoms with Gasteiger partial charge in [-0.2, -0.15) is 9.97 Å². The van der Waals surface area contributed by atoms with Gasteiger partial charge in [0.1, 0.15) is 5.82 Å². The molecule has 1 heterocycles. The number of nitrogens with one attached hydrogen (secondary N) is 1. The molecule has 0 spiro atoms. The molecule has 0 saturated heterocycles. The molecule has 1 aromatic heterocycles. The lowest BCUT2D eigenvalue weighted by molar-refractivity contribution is 0.182. The number of benzene rings is 1. The summed E-state index contributed by atoms with van der Waals surface area (Å²) in [7, 11) is 1.94. The number of hydrogen-bond acceptors (Lipinski definition) is 5. The minimum atomic E-state index is 0. The Bertz CT molecular complexity index is 745. The van der Waals surface area contributed by atoms with Gasteiger partial charge in [0.25, 0.3) is 0 Å². The van der Waals surface area contributed by atoms with E-state index < -0.39 is 0 Å². The largest absolute Gasteiger partial charge is 0.368 e. The Balaban J connectivity index is 0.00000392. The van der Waals surface area contributed by atoms with Crippen LogP contribution in [0.15, 0.2) is 28.7 Å². The van der Waals surface area contributed by atoms with Gasteiger partial charge in [0.15, 0.2) is 5.15 Å². The van der Waals surface area contributed by atoms with Crippen molar-refractivity contribution in [2.75, 3.05) is 30.4 Å². The number of nitrogens with zero attached hydrogens (tertiary/aromatic N) is 4. The number of anilines is 3. The second-order valence-electron chi connectivity index (χ2n) is 7.22. The number of rotatable bonds is 8. The van der Waals surface area contributed by atoms with Crippen LogP contribution in [0.25, 0.3) is 0 Å². The van der Waals surface area contributed by atoms with Gasteiger partial charge in [-0.05, 0) is 62.7 Å². The van der Waals surface area contributed by atoms with Gasteiger partial charge in [-0.3, -0.25) is 4.90 Å². The number of halogens is 3.